The molecule has 0 amide bonds. The molecule has 1 heterocycles. The average molecular weight is 170 g/mol. The van der Waals surface area contributed by atoms with E-state index in [9.17, 15) is 0 Å². The fraction of sp³-hybridized carbons (Fsp3) is 0.250. The molecule has 65 valence electrons. The first-order chi connectivity index (χ1) is 6.36. The molecule has 0 bridgehead atoms. The molecule has 1 nitrogen and oxygen atoms in total. The van der Waals surface area contributed by atoms with E-state index in [1.54, 1.807) is 0 Å². The van der Waals surface area contributed by atoms with Crippen LogP contribution in [0.4, 0.5) is 0 Å². The van der Waals surface area contributed by atoms with Crippen molar-refractivity contribution in [3.63, 3.8) is 0 Å². The minimum atomic E-state index is 0.728. The lowest BCUT2D eigenvalue weighted by Crippen LogP contribution is -1.81. The monoisotopic (exact) mass is 170 g/mol. The van der Waals surface area contributed by atoms with Gasteiger partial charge >= 0.3 is 0 Å². The largest absolute Gasteiger partial charge is 0.350 e. The third-order valence-corrected chi connectivity index (χ3v) is 2.80. The average Bonchev–Trinajstić information content (AvgIpc) is 2.94. The summed E-state index contributed by atoms with van der Waals surface area (Å²) in [5.74, 6) is 0.728. The maximum Gasteiger partial charge on any atom is 0.0480 e. The molecule has 13 heavy (non-hydrogen) atoms. The highest BCUT2D eigenvalue weighted by molar-refractivity contribution is 5.85. The summed E-state index contributed by atoms with van der Waals surface area (Å²) < 4.78 is 2.22. The summed E-state index contributed by atoms with van der Waals surface area (Å²) in [5.41, 5.74) is 2.84. The maximum atomic E-state index is 2.36. The Balaban J connectivity index is 2.34. The Labute approximate surface area is 78.0 Å². The van der Waals surface area contributed by atoms with E-state index in [2.05, 4.69) is 48.5 Å². The molecule has 0 N–H and O–H groups in total. The molecule has 0 saturated heterocycles. The molecular formula is C12H12N. The third-order valence-electron chi connectivity index (χ3n) is 2.80. The van der Waals surface area contributed by atoms with Gasteiger partial charge in [0.15, 0.2) is 0 Å². The first kappa shape index (κ1) is 7.19. The maximum absolute atomic E-state index is 2.36. The lowest BCUT2D eigenvalue weighted by atomic mass is 10.1. The molecule has 2 aromatic rings. The summed E-state index contributed by atoms with van der Waals surface area (Å²) in [6.07, 6.45) is 5.88. The number of hydrogen-bond donors (Lipinski definition) is 0. The van der Waals surface area contributed by atoms with Crippen LogP contribution in [0.15, 0.2) is 30.5 Å². The Hall–Kier alpha value is -1.24. The number of benzene rings is 1. The van der Waals surface area contributed by atoms with E-state index in [0.717, 1.165) is 5.92 Å². The van der Waals surface area contributed by atoms with Crippen molar-refractivity contribution in [1.82, 2.24) is 4.57 Å². The molecule has 3 rings (SSSR count). The molecule has 0 aliphatic heterocycles. The van der Waals surface area contributed by atoms with Gasteiger partial charge in [-0.3, -0.25) is 0 Å². The summed E-state index contributed by atoms with van der Waals surface area (Å²) in [6.45, 7) is 0. The molecule has 1 heteroatoms. The van der Waals surface area contributed by atoms with Crippen LogP contribution in [0.5, 0.6) is 0 Å². The number of nitrogens with zero attached hydrogens (tertiary/aromatic N) is 1. The fourth-order valence-corrected chi connectivity index (χ4v) is 1.99. The number of para-hydroxylation sites is 1. The zero-order valence-corrected chi connectivity index (χ0v) is 7.70. The second-order valence-corrected chi connectivity index (χ2v) is 3.79. The van der Waals surface area contributed by atoms with E-state index in [0.29, 0.717) is 0 Å². The van der Waals surface area contributed by atoms with Crippen LogP contribution in [0.2, 0.25) is 0 Å². The van der Waals surface area contributed by atoms with Gasteiger partial charge in [-0.2, -0.15) is 0 Å². The summed E-state index contributed by atoms with van der Waals surface area (Å²) in [6, 6.07) is 8.62. The van der Waals surface area contributed by atoms with Gasteiger partial charge < -0.3 is 4.57 Å². The second-order valence-electron chi connectivity index (χ2n) is 3.79. The minimum Gasteiger partial charge on any atom is -0.350 e. The van der Waals surface area contributed by atoms with Crippen molar-refractivity contribution in [2.75, 3.05) is 0 Å². The lowest BCUT2D eigenvalue weighted by molar-refractivity contribution is 0.955. The van der Waals surface area contributed by atoms with E-state index in [4.69, 9.17) is 0 Å². The summed E-state index contributed by atoms with van der Waals surface area (Å²) in [7, 11) is 2.12. The van der Waals surface area contributed by atoms with Gasteiger partial charge in [0.2, 0.25) is 0 Å². The number of fused-ring (bicyclic) bond motifs is 1. The first-order valence-corrected chi connectivity index (χ1v) is 4.73. The number of aromatic nitrogens is 1. The molecule has 1 atom stereocenters. The van der Waals surface area contributed by atoms with Crippen molar-refractivity contribution in [3.8, 4) is 0 Å². The molecule has 1 aromatic carbocycles. The van der Waals surface area contributed by atoms with Gasteiger partial charge in [-0.15, -0.1) is 0 Å². The highest BCUT2D eigenvalue weighted by Crippen LogP contribution is 2.42. The van der Waals surface area contributed by atoms with Crippen LogP contribution < -0.4 is 0 Å². The second kappa shape index (κ2) is 2.38. The predicted octanol–water partition coefficient (Wildman–Crippen LogP) is 2.87. The van der Waals surface area contributed by atoms with E-state index >= 15 is 0 Å². The fourth-order valence-electron chi connectivity index (χ4n) is 1.99. The molecule has 1 unspecified atom stereocenters. The van der Waals surface area contributed by atoms with Crippen LogP contribution in [0, 0.1) is 6.42 Å². The summed E-state index contributed by atoms with van der Waals surface area (Å²) in [5, 5.41) is 1.42. The molecule has 1 aliphatic carbocycles. The van der Waals surface area contributed by atoms with Crippen molar-refractivity contribution in [1.29, 1.82) is 0 Å². The van der Waals surface area contributed by atoms with Gasteiger partial charge in [-0.05, 0) is 30.4 Å². The molecule has 1 radical (unpaired) electrons. The van der Waals surface area contributed by atoms with Crippen molar-refractivity contribution in [2.24, 2.45) is 7.05 Å². The number of hydrogen-bond acceptors (Lipinski definition) is 0. The molecule has 1 aromatic heterocycles. The normalized spacial score (nSPS) is 16.7. The number of aryl methyl sites for hydroxylation is 1. The SMILES string of the molecule is Cn1cc(C2[CH]C2)c2ccccc21. The van der Waals surface area contributed by atoms with Crippen LogP contribution in [0.3, 0.4) is 0 Å². The summed E-state index contributed by atoms with van der Waals surface area (Å²) >= 11 is 0. The lowest BCUT2D eigenvalue weighted by Gasteiger charge is -1.93. The molecule has 1 aliphatic rings. The third kappa shape index (κ3) is 0.998. The van der Waals surface area contributed by atoms with Gasteiger partial charge in [0, 0.05) is 24.1 Å². The van der Waals surface area contributed by atoms with Crippen molar-refractivity contribution in [2.45, 2.75) is 12.3 Å². The predicted molar refractivity (Wildman–Crippen MR) is 54.6 cm³/mol. The first-order valence-electron chi connectivity index (χ1n) is 4.73. The Morgan fingerprint density at radius 2 is 2.08 bits per heavy atom. The minimum absolute atomic E-state index is 0.728. The molecule has 1 fully saturated rings. The van der Waals surface area contributed by atoms with E-state index in [1.807, 2.05) is 0 Å². The Kier molecular flexibility index (Phi) is 1.32. The van der Waals surface area contributed by atoms with Gasteiger partial charge in [0.05, 0.1) is 0 Å². The van der Waals surface area contributed by atoms with Crippen molar-refractivity contribution < 1.29 is 0 Å². The quantitative estimate of drug-likeness (QED) is 0.620. The van der Waals surface area contributed by atoms with Gasteiger partial charge in [0.1, 0.15) is 0 Å². The van der Waals surface area contributed by atoms with Crippen LogP contribution in [0.1, 0.15) is 17.9 Å². The van der Waals surface area contributed by atoms with E-state index in [-0.39, 0.29) is 0 Å². The summed E-state index contributed by atoms with van der Waals surface area (Å²) in [4.78, 5) is 0. The zero-order valence-electron chi connectivity index (χ0n) is 7.70. The van der Waals surface area contributed by atoms with Gasteiger partial charge in [-0.25, -0.2) is 0 Å². The van der Waals surface area contributed by atoms with Gasteiger partial charge in [-0.1, -0.05) is 18.2 Å². The number of rotatable bonds is 1. The van der Waals surface area contributed by atoms with Crippen LogP contribution >= 0.6 is 0 Å². The van der Waals surface area contributed by atoms with Crippen molar-refractivity contribution >= 4 is 10.9 Å². The standard InChI is InChI=1S/C12H12N/c1-13-8-11(9-6-7-9)10-4-2-3-5-12(10)13/h2-6,8-9H,7H2,1H3. The Morgan fingerprint density at radius 3 is 2.85 bits per heavy atom. The molecular weight excluding hydrogens is 158 g/mol. The smallest absolute Gasteiger partial charge is 0.0480 e. The van der Waals surface area contributed by atoms with Crippen molar-refractivity contribution in [3.05, 3.63) is 42.4 Å². The van der Waals surface area contributed by atoms with E-state index in [1.165, 1.54) is 22.9 Å². The zero-order chi connectivity index (χ0) is 8.84. The highest BCUT2D eigenvalue weighted by atomic mass is 14.9. The Bertz CT molecular complexity index is 449. The van der Waals surface area contributed by atoms with Crippen LogP contribution in [-0.4, -0.2) is 4.57 Å². The Morgan fingerprint density at radius 1 is 1.31 bits per heavy atom. The highest BCUT2D eigenvalue weighted by Gasteiger charge is 2.26. The topological polar surface area (TPSA) is 4.93 Å². The van der Waals surface area contributed by atoms with E-state index < -0.39 is 0 Å². The van der Waals surface area contributed by atoms with Crippen LogP contribution in [0.25, 0.3) is 10.9 Å². The van der Waals surface area contributed by atoms with Crippen LogP contribution in [-0.2, 0) is 7.05 Å². The molecule has 1 saturated carbocycles. The van der Waals surface area contributed by atoms with Gasteiger partial charge in [0.25, 0.3) is 0 Å². The molecule has 0 spiro atoms.